The monoisotopic (exact) mass is 397 g/mol. The molecule has 3 rings (SSSR count). The molecule has 0 saturated heterocycles. The number of aromatic nitrogens is 1. The van der Waals surface area contributed by atoms with Crippen molar-refractivity contribution in [3.8, 4) is 11.8 Å². The van der Waals surface area contributed by atoms with Gasteiger partial charge in [0.2, 0.25) is 0 Å². The second-order valence-electron chi connectivity index (χ2n) is 7.67. The third-order valence-corrected chi connectivity index (χ3v) is 5.14. The molecular weight excluding hydrogens is 370 g/mol. The maximum Gasteiger partial charge on any atom is 0.261 e. The first-order valence-electron chi connectivity index (χ1n) is 10.1. The number of aryl methyl sites for hydroxylation is 3. The highest BCUT2D eigenvalue weighted by Crippen LogP contribution is 2.24. The minimum atomic E-state index is -0.343. The number of nitrogens with one attached hydrogen (secondary N) is 1. The largest absolute Gasteiger partial charge is 0.351 e. The predicted molar refractivity (Wildman–Crippen MR) is 121 cm³/mol. The zero-order chi connectivity index (χ0) is 21.7. The van der Waals surface area contributed by atoms with Crippen LogP contribution in [0.1, 0.15) is 33.6 Å². The normalized spacial score (nSPS) is 11.2. The Hall–Kier alpha value is -3.58. The van der Waals surface area contributed by atoms with E-state index < -0.39 is 0 Å². The summed E-state index contributed by atoms with van der Waals surface area (Å²) in [5.74, 6) is -0.343. The van der Waals surface area contributed by atoms with Crippen LogP contribution < -0.4 is 5.32 Å². The molecule has 0 saturated carbocycles. The Morgan fingerprint density at radius 3 is 2.33 bits per heavy atom. The molecule has 1 N–H and O–H groups in total. The number of carbonyl (C=O) groups is 1. The average Bonchev–Trinajstić information content (AvgIpc) is 2.99. The zero-order valence-corrected chi connectivity index (χ0v) is 18.0. The van der Waals surface area contributed by atoms with Crippen molar-refractivity contribution in [2.75, 3.05) is 6.54 Å². The van der Waals surface area contributed by atoms with Crippen LogP contribution in [-0.4, -0.2) is 17.0 Å². The summed E-state index contributed by atoms with van der Waals surface area (Å²) in [6.45, 7) is 8.70. The molecule has 0 spiro atoms. The topological polar surface area (TPSA) is 57.8 Å². The fourth-order valence-corrected chi connectivity index (χ4v) is 3.78. The molecule has 4 nitrogen and oxygen atoms in total. The van der Waals surface area contributed by atoms with Crippen molar-refractivity contribution in [1.29, 1.82) is 5.26 Å². The van der Waals surface area contributed by atoms with Crippen molar-refractivity contribution in [3.63, 3.8) is 0 Å². The van der Waals surface area contributed by atoms with E-state index in [1.54, 1.807) is 6.08 Å². The molecule has 3 aromatic rings. The lowest BCUT2D eigenvalue weighted by atomic mass is 10.1. The maximum absolute atomic E-state index is 12.5. The minimum Gasteiger partial charge on any atom is -0.351 e. The van der Waals surface area contributed by atoms with Gasteiger partial charge in [0.25, 0.3) is 5.91 Å². The molecule has 0 aliphatic carbocycles. The van der Waals surface area contributed by atoms with Crippen molar-refractivity contribution in [3.05, 3.63) is 93.8 Å². The van der Waals surface area contributed by atoms with E-state index in [0.717, 1.165) is 34.6 Å². The number of carbonyl (C=O) groups excluding carboxylic acids is 1. The van der Waals surface area contributed by atoms with Gasteiger partial charge >= 0.3 is 0 Å². The summed E-state index contributed by atoms with van der Waals surface area (Å²) in [5, 5.41) is 12.4. The number of rotatable bonds is 6. The molecule has 1 heterocycles. The van der Waals surface area contributed by atoms with Crippen LogP contribution in [0.25, 0.3) is 11.8 Å². The van der Waals surface area contributed by atoms with Crippen LogP contribution in [-0.2, 0) is 11.2 Å². The standard InChI is InChI=1S/C26H27N3O/c1-18-12-19(2)14-25(13-18)29-20(3)15-23(21(29)4)16-24(17-27)26(30)28-11-10-22-8-6-5-7-9-22/h5-9,12-16H,10-11H2,1-4H3,(H,28,30)/b24-16-. The van der Waals surface area contributed by atoms with E-state index in [1.807, 2.05) is 50.2 Å². The number of amides is 1. The number of benzene rings is 2. The first kappa shape index (κ1) is 21.1. The molecule has 30 heavy (non-hydrogen) atoms. The Bertz CT molecular complexity index is 1110. The van der Waals surface area contributed by atoms with Gasteiger partial charge in [0.05, 0.1) is 0 Å². The molecule has 2 aromatic carbocycles. The Labute approximate surface area is 178 Å². The first-order chi connectivity index (χ1) is 14.4. The van der Waals surface area contributed by atoms with Gasteiger partial charge in [0.1, 0.15) is 11.6 Å². The Kier molecular flexibility index (Phi) is 6.54. The van der Waals surface area contributed by atoms with Crippen molar-refractivity contribution in [2.45, 2.75) is 34.1 Å². The van der Waals surface area contributed by atoms with Gasteiger partial charge in [0, 0.05) is 23.6 Å². The minimum absolute atomic E-state index is 0.115. The Morgan fingerprint density at radius 1 is 1.03 bits per heavy atom. The number of hydrogen-bond acceptors (Lipinski definition) is 2. The predicted octanol–water partition coefficient (Wildman–Crippen LogP) is 4.98. The molecule has 1 aromatic heterocycles. The average molecular weight is 398 g/mol. The third kappa shape index (κ3) is 4.87. The molecule has 1 amide bonds. The van der Waals surface area contributed by atoms with E-state index in [0.29, 0.717) is 6.54 Å². The lowest BCUT2D eigenvalue weighted by Gasteiger charge is -2.12. The fraction of sp³-hybridized carbons (Fsp3) is 0.231. The first-order valence-corrected chi connectivity index (χ1v) is 10.1. The Balaban J connectivity index is 1.80. The maximum atomic E-state index is 12.5. The smallest absolute Gasteiger partial charge is 0.261 e. The molecule has 0 fully saturated rings. The molecule has 0 aliphatic rings. The SMILES string of the molecule is Cc1cc(C)cc(-n2c(C)cc(/C=C(/C#N)C(=O)NCCc3ccccc3)c2C)c1. The van der Waals surface area contributed by atoms with E-state index in [1.165, 1.54) is 11.1 Å². The van der Waals surface area contributed by atoms with Crippen LogP contribution in [0.5, 0.6) is 0 Å². The van der Waals surface area contributed by atoms with Gasteiger partial charge in [0.15, 0.2) is 0 Å². The van der Waals surface area contributed by atoms with Gasteiger partial charge in [-0.1, -0.05) is 36.4 Å². The van der Waals surface area contributed by atoms with E-state index >= 15 is 0 Å². The number of nitrogens with zero attached hydrogens (tertiary/aromatic N) is 2. The highest BCUT2D eigenvalue weighted by Gasteiger charge is 2.14. The second-order valence-corrected chi connectivity index (χ2v) is 7.67. The van der Waals surface area contributed by atoms with Crippen LogP contribution in [0.15, 0.2) is 60.2 Å². The molecule has 152 valence electrons. The quantitative estimate of drug-likeness (QED) is 0.471. The van der Waals surface area contributed by atoms with Crippen LogP contribution in [0, 0.1) is 39.0 Å². The van der Waals surface area contributed by atoms with Crippen LogP contribution in [0.2, 0.25) is 0 Å². The number of nitriles is 1. The molecule has 0 unspecified atom stereocenters. The summed E-state index contributed by atoms with van der Waals surface area (Å²) in [6, 6.07) is 20.5. The summed E-state index contributed by atoms with van der Waals surface area (Å²) < 4.78 is 2.16. The summed E-state index contributed by atoms with van der Waals surface area (Å²) >= 11 is 0. The third-order valence-electron chi connectivity index (χ3n) is 5.14. The molecule has 4 heteroatoms. The highest BCUT2D eigenvalue weighted by atomic mass is 16.1. The van der Waals surface area contributed by atoms with Crippen molar-refractivity contribution in [1.82, 2.24) is 9.88 Å². The van der Waals surface area contributed by atoms with Gasteiger partial charge in [-0.2, -0.15) is 5.26 Å². The van der Waals surface area contributed by atoms with Crippen molar-refractivity contribution < 1.29 is 4.79 Å². The van der Waals surface area contributed by atoms with Gasteiger partial charge in [-0.05, 0) is 80.6 Å². The van der Waals surface area contributed by atoms with Gasteiger partial charge < -0.3 is 9.88 Å². The van der Waals surface area contributed by atoms with Gasteiger partial charge in [-0.25, -0.2) is 0 Å². The molecular formula is C26H27N3O. The van der Waals surface area contributed by atoms with E-state index in [-0.39, 0.29) is 11.5 Å². The molecule has 0 radical (unpaired) electrons. The van der Waals surface area contributed by atoms with E-state index in [9.17, 15) is 10.1 Å². The summed E-state index contributed by atoms with van der Waals surface area (Å²) in [6.07, 6.45) is 2.41. The zero-order valence-electron chi connectivity index (χ0n) is 18.0. The van der Waals surface area contributed by atoms with E-state index in [4.69, 9.17) is 0 Å². The van der Waals surface area contributed by atoms with Crippen LogP contribution >= 0.6 is 0 Å². The van der Waals surface area contributed by atoms with Gasteiger partial charge in [-0.15, -0.1) is 0 Å². The van der Waals surface area contributed by atoms with Crippen molar-refractivity contribution >= 4 is 12.0 Å². The molecule has 0 bridgehead atoms. The summed E-state index contributed by atoms with van der Waals surface area (Å²) in [7, 11) is 0. The molecule has 0 aliphatic heterocycles. The lowest BCUT2D eigenvalue weighted by Crippen LogP contribution is -2.26. The van der Waals surface area contributed by atoms with Crippen LogP contribution in [0.3, 0.4) is 0 Å². The second kappa shape index (κ2) is 9.28. The van der Waals surface area contributed by atoms with Crippen LogP contribution in [0.4, 0.5) is 0 Å². The van der Waals surface area contributed by atoms with Crippen molar-refractivity contribution in [2.24, 2.45) is 0 Å². The lowest BCUT2D eigenvalue weighted by molar-refractivity contribution is -0.117. The molecule has 0 atom stereocenters. The highest BCUT2D eigenvalue weighted by molar-refractivity contribution is 6.01. The fourth-order valence-electron chi connectivity index (χ4n) is 3.78. The summed E-state index contributed by atoms with van der Waals surface area (Å²) in [4.78, 5) is 12.5. The number of hydrogen-bond donors (Lipinski definition) is 1. The van der Waals surface area contributed by atoms with E-state index in [2.05, 4.69) is 48.0 Å². The summed E-state index contributed by atoms with van der Waals surface area (Å²) in [5.41, 5.74) is 7.69. The Morgan fingerprint density at radius 2 is 1.70 bits per heavy atom. The van der Waals surface area contributed by atoms with Gasteiger partial charge in [-0.3, -0.25) is 4.79 Å².